The molecule has 34 heavy (non-hydrogen) atoms. The lowest BCUT2D eigenvalue weighted by atomic mass is 9.87. The summed E-state index contributed by atoms with van der Waals surface area (Å²) in [5.74, 6) is 2.73. The van der Waals surface area contributed by atoms with Crippen molar-refractivity contribution in [3.8, 4) is 11.3 Å². The van der Waals surface area contributed by atoms with Crippen LogP contribution in [0.1, 0.15) is 95.1 Å². The van der Waals surface area contributed by atoms with Crippen molar-refractivity contribution >= 4 is 20.8 Å². The fraction of sp³-hybridized carbons (Fsp3) is 0.531. The molecule has 1 heterocycles. The van der Waals surface area contributed by atoms with Crippen LogP contribution in [-0.4, -0.2) is 23.2 Å². The Morgan fingerprint density at radius 3 is 1.94 bits per heavy atom. The van der Waals surface area contributed by atoms with Crippen LogP contribution in [0.25, 0.3) is 22.0 Å². The van der Waals surface area contributed by atoms with Crippen molar-refractivity contribution in [1.82, 2.24) is 4.98 Å². The minimum absolute atomic E-state index is 0.342. The lowest BCUT2D eigenvalue weighted by molar-refractivity contribution is 0.478. The summed E-state index contributed by atoms with van der Waals surface area (Å²) < 4.78 is 0. The maximum atomic E-state index is 4.97. The Kier molecular flexibility index (Phi) is 6.57. The molecule has 5 rings (SSSR count). The van der Waals surface area contributed by atoms with Gasteiger partial charge in [0.15, 0.2) is 0 Å². The molecule has 3 aromatic rings. The molecule has 2 aromatic carbocycles. The van der Waals surface area contributed by atoms with E-state index in [1.165, 1.54) is 84.0 Å². The SMILES string of the molecule is CC(C)(C)CS(C)(C)c1ccc2c(-c3cc(C4CCCC4)cc(C4CCCC4)c3)nccc2c1. The summed E-state index contributed by atoms with van der Waals surface area (Å²) in [6, 6.07) is 17.0. The first-order valence-electron chi connectivity index (χ1n) is 13.4. The molecule has 2 heteroatoms. The second kappa shape index (κ2) is 9.34. The standard InChI is InChI=1S/C32H43NS/c1-32(2,3)22-34(4,5)29-14-15-30-25(21-29)16-17-33-31(30)28-19-26(23-10-6-7-11-23)18-27(20-28)24-12-8-9-13-24/h14-21,23-24H,6-13,22H2,1-5H3. The Hall–Kier alpha value is -1.80. The normalized spacial score (nSPS) is 18.7. The molecule has 0 N–H and O–H groups in total. The Morgan fingerprint density at radius 1 is 0.794 bits per heavy atom. The Morgan fingerprint density at radius 2 is 1.38 bits per heavy atom. The molecule has 2 saturated carbocycles. The van der Waals surface area contributed by atoms with Crippen molar-refractivity contribution in [2.75, 3.05) is 18.3 Å². The summed E-state index contributed by atoms with van der Waals surface area (Å²) in [6.45, 7) is 7.10. The van der Waals surface area contributed by atoms with Gasteiger partial charge in [-0.2, -0.15) is 0 Å². The van der Waals surface area contributed by atoms with E-state index in [2.05, 4.69) is 75.7 Å². The molecule has 2 fully saturated rings. The zero-order valence-electron chi connectivity index (χ0n) is 22.0. The highest BCUT2D eigenvalue weighted by Gasteiger charge is 2.25. The van der Waals surface area contributed by atoms with Crippen LogP contribution in [0.3, 0.4) is 0 Å². The number of fused-ring (bicyclic) bond motifs is 1. The number of pyridine rings is 1. The number of aromatic nitrogens is 1. The van der Waals surface area contributed by atoms with Crippen LogP contribution in [-0.2, 0) is 0 Å². The molecular weight excluding hydrogens is 430 g/mol. The fourth-order valence-electron chi connectivity index (χ4n) is 6.70. The predicted octanol–water partition coefficient (Wildman–Crippen LogP) is 9.69. The average molecular weight is 474 g/mol. The average Bonchev–Trinajstić information content (AvgIpc) is 3.51. The van der Waals surface area contributed by atoms with Gasteiger partial charge in [0.2, 0.25) is 0 Å². The van der Waals surface area contributed by atoms with E-state index in [0.717, 1.165) is 11.8 Å². The van der Waals surface area contributed by atoms with Gasteiger partial charge in [-0.25, -0.2) is 10.0 Å². The third-order valence-corrected chi connectivity index (χ3v) is 11.2. The van der Waals surface area contributed by atoms with E-state index < -0.39 is 10.0 Å². The second-order valence-electron chi connectivity index (χ2n) is 12.6. The van der Waals surface area contributed by atoms with Gasteiger partial charge in [0.25, 0.3) is 0 Å². The number of hydrogen-bond donors (Lipinski definition) is 0. The van der Waals surface area contributed by atoms with Crippen molar-refractivity contribution in [2.24, 2.45) is 5.41 Å². The van der Waals surface area contributed by atoms with E-state index >= 15 is 0 Å². The van der Waals surface area contributed by atoms with Crippen LogP contribution >= 0.6 is 10.0 Å². The molecule has 182 valence electrons. The highest BCUT2D eigenvalue weighted by Crippen LogP contribution is 2.53. The van der Waals surface area contributed by atoms with Crippen LogP contribution in [0.2, 0.25) is 0 Å². The molecule has 0 saturated heterocycles. The third-order valence-electron chi connectivity index (χ3n) is 8.07. The fourth-order valence-corrected chi connectivity index (χ4v) is 9.91. The van der Waals surface area contributed by atoms with Crippen molar-refractivity contribution in [3.05, 3.63) is 59.8 Å². The number of rotatable bonds is 5. The van der Waals surface area contributed by atoms with Crippen LogP contribution in [0.5, 0.6) is 0 Å². The van der Waals surface area contributed by atoms with Gasteiger partial charge < -0.3 is 0 Å². The van der Waals surface area contributed by atoms with E-state index in [9.17, 15) is 0 Å². The molecular formula is C32H43NS. The lowest BCUT2D eigenvalue weighted by Crippen LogP contribution is -2.17. The molecule has 0 atom stereocenters. The monoisotopic (exact) mass is 473 g/mol. The van der Waals surface area contributed by atoms with E-state index in [4.69, 9.17) is 4.98 Å². The topological polar surface area (TPSA) is 12.9 Å². The van der Waals surface area contributed by atoms with Crippen molar-refractivity contribution in [1.29, 1.82) is 0 Å². The Labute approximate surface area is 209 Å². The van der Waals surface area contributed by atoms with Crippen LogP contribution < -0.4 is 0 Å². The van der Waals surface area contributed by atoms with Crippen LogP contribution in [0.15, 0.2) is 53.6 Å². The molecule has 0 amide bonds. The molecule has 1 nitrogen and oxygen atoms in total. The predicted molar refractivity (Wildman–Crippen MR) is 152 cm³/mol. The Bertz CT molecular complexity index is 1120. The number of hydrogen-bond acceptors (Lipinski definition) is 1. The van der Waals surface area contributed by atoms with E-state index in [-0.39, 0.29) is 0 Å². The lowest BCUT2D eigenvalue weighted by Gasteiger charge is -2.38. The quantitative estimate of drug-likeness (QED) is 0.359. The first kappa shape index (κ1) is 23.9. The maximum Gasteiger partial charge on any atom is 0.0780 e. The smallest absolute Gasteiger partial charge is 0.0780 e. The molecule has 0 spiro atoms. The zero-order valence-corrected chi connectivity index (χ0v) is 22.8. The Balaban J connectivity index is 1.58. The number of nitrogens with zero attached hydrogens (tertiary/aromatic N) is 1. The van der Waals surface area contributed by atoms with E-state index in [1.54, 1.807) is 11.1 Å². The molecule has 0 aliphatic heterocycles. The molecule has 2 aliphatic carbocycles. The zero-order chi connectivity index (χ0) is 23.9. The van der Waals surface area contributed by atoms with E-state index in [1.807, 2.05) is 6.20 Å². The molecule has 0 radical (unpaired) electrons. The van der Waals surface area contributed by atoms with Gasteiger partial charge in [-0.05, 0) is 113 Å². The summed E-state index contributed by atoms with van der Waals surface area (Å²) in [4.78, 5) is 6.48. The van der Waals surface area contributed by atoms with Crippen LogP contribution in [0, 0.1) is 5.41 Å². The van der Waals surface area contributed by atoms with Gasteiger partial charge in [0.05, 0.1) is 5.69 Å². The minimum atomic E-state index is -0.843. The van der Waals surface area contributed by atoms with Gasteiger partial charge in [0, 0.05) is 17.1 Å². The number of benzene rings is 2. The van der Waals surface area contributed by atoms with Gasteiger partial charge in [-0.15, -0.1) is 0 Å². The second-order valence-corrected chi connectivity index (χ2v) is 16.5. The molecule has 1 aromatic heterocycles. The highest BCUT2D eigenvalue weighted by atomic mass is 32.3. The summed E-state index contributed by atoms with van der Waals surface area (Å²) in [5, 5.41) is 2.64. The minimum Gasteiger partial charge on any atom is -0.256 e. The maximum absolute atomic E-state index is 4.97. The van der Waals surface area contributed by atoms with Crippen molar-refractivity contribution < 1.29 is 0 Å². The van der Waals surface area contributed by atoms with E-state index in [0.29, 0.717) is 5.41 Å². The van der Waals surface area contributed by atoms with Crippen molar-refractivity contribution in [2.45, 2.75) is 88.9 Å². The van der Waals surface area contributed by atoms with Gasteiger partial charge in [-0.3, -0.25) is 4.98 Å². The molecule has 2 aliphatic rings. The largest absolute Gasteiger partial charge is 0.256 e. The third kappa shape index (κ3) is 5.08. The van der Waals surface area contributed by atoms with Crippen molar-refractivity contribution in [3.63, 3.8) is 0 Å². The highest BCUT2D eigenvalue weighted by molar-refractivity contribution is 8.32. The summed E-state index contributed by atoms with van der Waals surface area (Å²) in [6.07, 6.45) is 17.9. The first-order valence-corrected chi connectivity index (χ1v) is 16.1. The van der Waals surface area contributed by atoms with Gasteiger partial charge >= 0.3 is 0 Å². The summed E-state index contributed by atoms with van der Waals surface area (Å²) in [7, 11) is -0.843. The molecule has 0 unspecified atom stereocenters. The first-order chi connectivity index (χ1) is 16.2. The van der Waals surface area contributed by atoms with Crippen LogP contribution in [0.4, 0.5) is 0 Å². The summed E-state index contributed by atoms with van der Waals surface area (Å²) >= 11 is 0. The van der Waals surface area contributed by atoms with Gasteiger partial charge in [0.1, 0.15) is 0 Å². The molecule has 0 bridgehead atoms. The van der Waals surface area contributed by atoms with Gasteiger partial charge in [-0.1, -0.05) is 58.6 Å². The summed E-state index contributed by atoms with van der Waals surface area (Å²) in [5.41, 5.74) is 6.00.